The third kappa shape index (κ3) is 6.45. The van der Waals surface area contributed by atoms with Gasteiger partial charge in [-0.2, -0.15) is 0 Å². The number of aryl methyl sites for hydroxylation is 1. The van der Waals surface area contributed by atoms with Gasteiger partial charge in [0.25, 0.3) is 5.56 Å². The molecule has 3 N–H and O–H groups in total. The summed E-state index contributed by atoms with van der Waals surface area (Å²) in [4.78, 5) is 39.8. The standard InChI is InChI=1S/C34H38N6O3/c1-6-7-17-40-28-13-14-35-21-25(28)30(23-9-8-10-24(20-23)43-5)31(32(40)41)39-33(42)38-27-18-22(19-29-36-15-16-37-29)11-12-26(27)34(2,3)4/h8-16,18,20-21H,6-7,17,19H2,1-5H3,(H,36,37)(H2,38,39,42). The number of anilines is 2. The van der Waals surface area contributed by atoms with E-state index in [0.29, 0.717) is 30.0 Å². The topological polar surface area (TPSA) is 114 Å². The summed E-state index contributed by atoms with van der Waals surface area (Å²) >= 11 is 0. The summed E-state index contributed by atoms with van der Waals surface area (Å²) in [6.07, 6.45) is 9.26. The molecule has 0 aliphatic carbocycles. The van der Waals surface area contributed by atoms with E-state index in [1.807, 2.05) is 42.5 Å². The lowest BCUT2D eigenvalue weighted by Crippen LogP contribution is -2.30. The number of methoxy groups -OCH3 is 1. The summed E-state index contributed by atoms with van der Waals surface area (Å²) in [5.74, 6) is 1.47. The first-order valence-electron chi connectivity index (χ1n) is 14.5. The Hall–Kier alpha value is -4.92. The number of hydrogen-bond donors (Lipinski definition) is 3. The monoisotopic (exact) mass is 578 g/mol. The van der Waals surface area contributed by atoms with Crippen LogP contribution in [0.2, 0.25) is 0 Å². The highest BCUT2D eigenvalue weighted by Crippen LogP contribution is 2.36. The summed E-state index contributed by atoms with van der Waals surface area (Å²) in [5, 5.41) is 6.76. The minimum atomic E-state index is -0.507. The Bertz CT molecular complexity index is 1800. The fraction of sp³-hybridized carbons (Fsp3) is 0.294. The van der Waals surface area contributed by atoms with Crippen LogP contribution in [0, 0.1) is 0 Å². The molecule has 0 saturated carbocycles. The van der Waals surface area contributed by atoms with Crippen LogP contribution < -0.4 is 20.9 Å². The molecule has 2 amide bonds. The molecule has 9 nitrogen and oxygen atoms in total. The Kier molecular flexibility index (Phi) is 8.61. The Balaban J connectivity index is 1.60. The van der Waals surface area contributed by atoms with Crippen molar-refractivity contribution in [2.45, 2.75) is 58.9 Å². The third-order valence-corrected chi connectivity index (χ3v) is 7.47. The molecule has 5 rings (SSSR count). The van der Waals surface area contributed by atoms with Gasteiger partial charge in [0.2, 0.25) is 0 Å². The number of hydrogen-bond acceptors (Lipinski definition) is 5. The number of ether oxygens (including phenoxy) is 1. The smallest absolute Gasteiger partial charge is 0.323 e. The van der Waals surface area contributed by atoms with Crippen molar-refractivity contribution >= 4 is 28.3 Å². The number of carbonyl (C=O) groups is 1. The van der Waals surface area contributed by atoms with Gasteiger partial charge < -0.3 is 24.9 Å². The number of urea groups is 1. The molecule has 0 atom stereocenters. The Morgan fingerprint density at radius 3 is 2.63 bits per heavy atom. The Labute approximate surface area is 251 Å². The van der Waals surface area contributed by atoms with Crippen LogP contribution in [0.3, 0.4) is 0 Å². The van der Waals surface area contributed by atoms with Crippen molar-refractivity contribution in [3.8, 4) is 16.9 Å². The largest absolute Gasteiger partial charge is 0.497 e. The molecular formula is C34H38N6O3. The molecular weight excluding hydrogens is 540 g/mol. The predicted octanol–water partition coefficient (Wildman–Crippen LogP) is 7.13. The number of imidazole rings is 1. The van der Waals surface area contributed by atoms with Crippen LogP contribution in [0.5, 0.6) is 5.75 Å². The normalized spacial score (nSPS) is 11.5. The van der Waals surface area contributed by atoms with Crippen LogP contribution in [0.4, 0.5) is 16.2 Å². The summed E-state index contributed by atoms with van der Waals surface area (Å²) in [6.45, 7) is 8.90. The molecule has 3 heterocycles. The third-order valence-electron chi connectivity index (χ3n) is 7.47. The first kappa shape index (κ1) is 29.6. The van der Waals surface area contributed by atoms with E-state index in [9.17, 15) is 9.59 Å². The number of rotatable bonds is 9. The molecule has 43 heavy (non-hydrogen) atoms. The molecule has 0 bridgehead atoms. The van der Waals surface area contributed by atoms with Crippen molar-refractivity contribution in [2.75, 3.05) is 17.7 Å². The van der Waals surface area contributed by atoms with Crippen LogP contribution >= 0.6 is 0 Å². The first-order valence-corrected chi connectivity index (χ1v) is 14.5. The number of aromatic nitrogens is 4. The molecule has 0 unspecified atom stereocenters. The quantitative estimate of drug-likeness (QED) is 0.172. The molecule has 0 fully saturated rings. The van der Waals surface area contributed by atoms with Crippen molar-refractivity contribution in [2.24, 2.45) is 0 Å². The average Bonchev–Trinajstić information content (AvgIpc) is 3.50. The van der Waals surface area contributed by atoms with Crippen LogP contribution in [-0.4, -0.2) is 32.7 Å². The van der Waals surface area contributed by atoms with E-state index in [1.165, 1.54) is 0 Å². The van der Waals surface area contributed by atoms with Gasteiger partial charge in [-0.1, -0.05) is 58.4 Å². The highest BCUT2D eigenvalue weighted by molar-refractivity contribution is 6.08. The maximum absolute atomic E-state index is 14.1. The summed E-state index contributed by atoms with van der Waals surface area (Å²) in [7, 11) is 1.60. The number of pyridine rings is 2. The molecule has 3 aromatic heterocycles. The van der Waals surface area contributed by atoms with Gasteiger partial charge in [-0.3, -0.25) is 9.78 Å². The highest BCUT2D eigenvalue weighted by Gasteiger charge is 2.23. The van der Waals surface area contributed by atoms with E-state index < -0.39 is 6.03 Å². The summed E-state index contributed by atoms with van der Waals surface area (Å²) in [5.41, 5.74) is 4.41. The number of H-pyrrole nitrogens is 1. The minimum absolute atomic E-state index is 0.186. The number of unbranched alkanes of at least 4 members (excludes halogenated alkanes) is 1. The highest BCUT2D eigenvalue weighted by atomic mass is 16.5. The van der Waals surface area contributed by atoms with Gasteiger partial charge >= 0.3 is 6.03 Å². The molecule has 0 aliphatic rings. The van der Waals surface area contributed by atoms with Gasteiger partial charge in [0.1, 0.15) is 17.3 Å². The second-order valence-electron chi connectivity index (χ2n) is 11.6. The predicted molar refractivity (Wildman–Crippen MR) is 172 cm³/mol. The number of nitrogens with zero attached hydrogens (tertiary/aromatic N) is 3. The number of nitrogens with one attached hydrogen (secondary N) is 3. The Morgan fingerprint density at radius 1 is 1.07 bits per heavy atom. The molecule has 0 saturated heterocycles. The molecule has 5 aromatic rings. The lowest BCUT2D eigenvalue weighted by molar-refractivity contribution is 0.262. The van der Waals surface area contributed by atoms with Crippen molar-refractivity contribution in [1.29, 1.82) is 0 Å². The van der Waals surface area contributed by atoms with Crippen molar-refractivity contribution < 1.29 is 9.53 Å². The number of amides is 2. The first-order chi connectivity index (χ1) is 20.7. The van der Waals surface area contributed by atoms with Crippen LogP contribution in [0.15, 0.2) is 78.1 Å². The van der Waals surface area contributed by atoms with Crippen LogP contribution in [0.25, 0.3) is 22.0 Å². The van der Waals surface area contributed by atoms with Gasteiger partial charge in [0.15, 0.2) is 0 Å². The zero-order valence-corrected chi connectivity index (χ0v) is 25.3. The number of aromatic amines is 1. The lowest BCUT2D eigenvalue weighted by Gasteiger charge is -2.24. The zero-order chi connectivity index (χ0) is 30.6. The van der Waals surface area contributed by atoms with Gasteiger partial charge in [0.05, 0.1) is 12.6 Å². The van der Waals surface area contributed by atoms with Crippen LogP contribution in [-0.2, 0) is 18.4 Å². The molecule has 222 valence electrons. The molecule has 0 aliphatic heterocycles. The molecule has 9 heteroatoms. The summed E-state index contributed by atoms with van der Waals surface area (Å²) in [6, 6.07) is 14.9. The number of carbonyl (C=O) groups excluding carboxylic acids is 1. The fourth-order valence-corrected chi connectivity index (χ4v) is 5.35. The number of benzene rings is 2. The van der Waals surface area contributed by atoms with E-state index in [1.54, 1.807) is 36.5 Å². The van der Waals surface area contributed by atoms with Gasteiger partial charge in [-0.15, -0.1) is 0 Å². The van der Waals surface area contributed by atoms with E-state index in [0.717, 1.165) is 46.3 Å². The second-order valence-corrected chi connectivity index (χ2v) is 11.6. The van der Waals surface area contributed by atoms with Crippen molar-refractivity contribution in [3.05, 3.63) is 101 Å². The average molecular weight is 579 g/mol. The van der Waals surface area contributed by atoms with E-state index in [-0.39, 0.29) is 16.7 Å². The zero-order valence-electron chi connectivity index (χ0n) is 25.3. The molecule has 0 spiro atoms. The SMILES string of the molecule is CCCCn1c(=O)c(NC(=O)Nc2cc(Cc3ncc[nH]3)ccc2C(C)(C)C)c(-c2cccc(OC)c2)c2cnccc21. The van der Waals surface area contributed by atoms with Crippen LogP contribution in [0.1, 0.15) is 57.5 Å². The maximum atomic E-state index is 14.1. The van der Waals surface area contributed by atoms with E-state index in [2.05, 4.69) is 59.3 Å². The maximum Gasteiger partial charge on any atom is 0.323 e. The van der Waals surface area contributed by atoms with Gasteiger partial charge in [0, 0.05) is 54.4 Å². The van der Waals surface area contributed by atoms with Crippen molar-refractivity contribution in [3.63, 3.8) is 0 Å². The molecule has 0 radical (unpaired) electrons. The Morgan fingerprint density at radius 2 is 1.91 bits per heavy atom. The number of fused-ring (bicyclic) bond motifs is 1. The minimum Gasteiger partial charge on any atom is -0.497 e. The van der Waals surface area contributed by atoms with Gasteiger partial charge in [-0.25, -0.2) is 9.78 Å². The van der Waals surface area contributed by atoms with E-state index >= 15 is 0 Å². The summed E-state index contributed by atoms with van der Waals surface area (Å²) < 4.78 is 7.21. The lowest BCUT2D eigenvalue weighted by atomic mass is 9.85. The second kappa shape index (κ2) is 12.5. The van der Waals surface area contributed by atoms with Crippen molar-refractivity contribution in [1.82, 2.24) is 19.5 Å². The van der Waals surface area contributed by atoms with Gasteiger partial charge in [-0.05, 0) is 52.8 Å². The molecule has 2 aromatic carbocycles. The van der Waals surface area contributed by atoms with E-state index in [4.69, 9.17) is 4.74 Å². The fourth-order valence-electron chi connectivity index (χ4n) is 5.35.